The van der Waals surface area contributed by atoms with Crippen LogP contribution in [0.15, 0.2) is 0 Å². The second-order valence-electron chi connectivity index (χ2n) is 5.78. The highest BCUT2D eigenvalue weighted by molar-refractivity contribution is 5.87. The Morgan fingerprint density at radius 3 is 2.78 bits per heavy atom. The molecule has 0 unspecified atom stereocenters. The van der Waals surface area contributed by atoms with Crippen molar-refractivity contribution in [3.63, 3.8) is 0 Å². The zero-order valence-electron chi connectivity index (χ0n) is 13.2. The van der Waals surface area contributed by atoms with Gasteiger partial charge in [0.2, 0.25) is 0 Å². The number of rotatable bonds is 6. The number of carbonyl (C=O) groups is 3. The number of urea groups is 1. The van der Waals surface area contributed by atoms with E-state index in [1.165, 1.54) is 4.90 Å². The molecule has 2 fully saturated rings. The highest BCUT2D eigenvalue weighted by Crippen LogP contribution is 2.28. The SMILES string of the molecule is CC(C)NC(=O)OCCONC(=O)[C@@H]1CC[C@@H]2CN1C(=O)N2O. The molecule has 4 amide bonds. The van der Waals surface area contributed by atoms with Gasteiger partial charge in [0, 0.05) is 12.6 Å². The third-order valence-corrected chi connectivity index (χ3v) is 3.65. The van der Waals surface area contributed by atoms with Crippen LogP contribution in [0.1, 0.15) is 26.7 Å². The monoisotopic (exact) mass is 330 g/mol. The van der Waals surface area contributed by atoms with E-state index in [0.717, 1.165) is 0 Å². The minimum Gasteiger partial charge on any atom is -0.447 e. The van der Waals surface area contributed by atoms with E-state index in [4.69, 9.17) is 9.57 Å². The molecule has 2 rings (SSSR count). The van der Waals surface area contributed by atoms with Crippen molar-refractivity contribution in [2.24, 2.45) is 0 Å². The molecule has 10 nitrogen and oxygen atoms in total. The molecule has 2 aliphatic rings. The maximum Gasteiger partial charge on any atom is 0.407 e. The van der Waals surface area contributed by atoms with Crippen molar-refractivity contribution >= 4 is 18.0 Å². The molecule has 0 aromatic rings. The van der Waals surface area contributed by atoms with E-state index in [1.807, 2.05) is 0 Å². The van der Waals surface area contributed by atoms with Crippen molar-refractivity contribution < 1.29 is 29.2 Å². The lowest BCUT2D eigenvalue weighted by atomic mass is 10.0. The summed E-state index contributed by atoms with van der Waals surface area (Å²) in [7, 11) is 0. The van der Waals surface area contributed by atoms with Gasteiger partial charge in [0.1, 0.15) is 19.3 Å². The summed E-state index contributed by atoms with van der Waals surface area (Å²) in [5.74, 6) is -0.460. The number of alkyl carbamates (subject to hydrolysis) is 1. The predicted molar refractivity (Wildman–Crippen MR) is 76.3 cm³/mol. The molecular weight excluding hydrogens is 308 g/mol. The first-order chi connectivity index (χ1) is 10.9. The van der Waals surface area contributed by atoms with Gasteiger partial charge >= 0.3 is 12.1 Å². The number of nitrogens with one attached hydrogen (secondary N) is 2. The number of fused-ring (bicyclic) bond motifs is 2. The van der Waals surface area contributed by atoms with Crippen molar-refractivity contribution in [2.45, 2.75) is 44.8 Å². The van der Waals surface area contributed by atoms with Gasteiger partial charge in [-0.2, -0.15) is 0 Å². The maximum atomic E-state index is 12.0. The molecule has 0 saturated carbocycles. The van der Waals surface area contributed by atoms with Crippen molar-refractivity contribution in [1.29, 1.82) is 0 Å². The lowest BCUT2D eigenvalue weighted by molar-refractivity contribution is -0.139. The summed E-state index contributed by atoms with van der Waals surface area (Å²) >= 11 is 0. The largest absolute Gasteiger partial charge is 0.447 e. The van der Waals surface area contributed by atoms with E-state index >= 15 is 0 Å². The molecule has 2 aliphatic heterocycles. The van der Waals surface area contributed by atoms with Gasteiger partial charge < -0.3 is 15.0 Å². The third-order valence-electron chi connectivity index (χ3n) is 3.65. The van der Waals surface area contributed by atoms with E-state index in [-0.39, 0.29) is 25.3 Å². The average molecular weight is 330 g/mol. The van der Waals surface area contributed by atoms with Gasteiger partial charge in [0.05, 0.1) is 6.04 Å². The molecule has 2 saturated heterocycles. The van der Waals surface area contributed by atoms with Gasteiger partial charge in [-0.25, -0.2) is 20.1 Å². The number of carbonyl (C=O) groups excluding carboxylic acids is 3. The summed E-state index contributed by atoms with van der Waals surface area (Å²) in [6.45, 7) is 3.91. The van der Waals surface area contributed by atoms with Crippen molar-refractivity contribution in [2.75, 3.05) is 19.8 Å². The Balaban J connectivity index is 1.66. The van der Waals surface area contributed by atoms with Gasteiger partial charge in [-0.05, 0) is 26.7 Å². The molecule has 2 atom stereocenters. The second-order valence-corrected chi connectivity index (χ2v) is 5.78. The molecule has 0 aromatic carbocycles. The highest BCUT2D eigenvalue weighted by Gasteiger charge is 2.46. The number of hydroxylamine groups is 3. The van der Waals surface area contributed by atoms with Crippen LogP contribution in [0.3, 0.4) is 0 Å². The van der Waals surface area contributed by atoms with Gasteiger partial charge in [-0.3, -0.25) is 14.8 Å². The van der Waals surface area contributed by atoms with Crippen molar-refractivity contribution in [1.82, 2.24) is 20.8 Å². The standard InChI is InChI=1S/C13H22N4O6/c1-8(2)14-12(19)22-5-6-23-15-11(18)10-4-3-9-7-16(10)13(20)17(9)21/h8-10,21H,3-7H2,1-2H3,(H,14,19)(H,15,18)/t9-,10+/m1/s1. The normalized spacial score (nSPS) is 23.2. The molecule has 0 aromatic heterocycles. The van der Waals surface area contributed by atoms with E-state index in [9.17, 15) is 19.6 Å². The Bertz CT molecular complexity index is 471. The second kappa shape index (κ2) is 7.47. The van der Waals surface area contributed by atoms with E-state index in [2.05, 4.69) is 10.8 Å². The average Bonchev–Trinajstić information content (AvgIpc) is 2.71. The first-order valence-electron chi connectivity index (χ1n) is 7.53. The quantitative estimate of drug-likeness (QED) is 0.353. The van der Waals surface area contributed by atoms with Crippen LogP contribution < -0.4 is 10.8 Å². The third kappa shape index (κ3) is 4.23. The number of nitrogens with zero attached hydrogens (tertiary/aromatic N) is 2. The smallest absolute Gasteiger partial charge is 0.407 e. The van der Waals surface area contributed by atoms with Crippen LogP contribution in [0, 0.1) is 0 Å². The van der Waals surface area contributed by atoms with Gasteiger partial charge in [0.25, 0.3) is 5.91 Å². The number of hydrogen-bond acceptors (Lipinski definition) is 6. The first-order valence-corrected chi connectivity index (χ1v) is 7.53. The molecule has 130 valence electrons. The van der Waals surface area contributed by atoms with Crippen LogP contribution in [0.5, 0.6) is 0 Å². The predicted octanol–water partition coefficient (Wildman–Crippen LogP) is -0.173. The molecule has 2 heterocycles. The number of amides is 4. The summed E-state index contributed by atoms with van der Waals surface area (Å²) in [6, 6.07) is -1.51. The fraction of sp³-hybridized carbons (Fsp3) is 0.769. The molecule has 2 bridgehead atoms. The van der Waals surface area contributed by atoms with Crippen LogP contribution in [0.4, 0.5) is 9.59 Å². The van der Waals surface area contributed by atoms with Crippen LogP contribution in [-0.4, -0.2) is 71.1 Å². The van der Waals surface area contributed by atoms with Crippen LogP contribution in [0.25, 0.3) is 0 Å². The van der Waals surface area contributed by atoms with Crippen molar-refractivity contribution in [3.8, 4) is 0 Å². The summed E-state index contributed by atoms with van der Waals surface area (Å²) in [4.78, 5) is 41.3. The summed E-state index contributed by atoms with van der Waals surface area (Å²) < 4.78 is 4.83. The molecule has 3 N–H and O–H groups in total. The summed E-state index contributed by atoms with van der Waals surface area (Å²) in [5, 5.41) is 12.8. The Kier molecular flexibility index (Phi) is 5.61. The molecule has 0 radical (unpaired) electrons. The number of hydrogen-bond donors (Lipinski definition) is 3. The van der Waals surface area contributed by atoms with Gasteiger partial charge in [0.15, 0.2) is 0 Å². The lowest BCUT2D eigenvalue weighted by Crippen LogP contribution is -2.49. The lowest BCUT2D eigenvalue weighted by Gasteiger charge is -2.28. The fourth-order valence-electron chi connectivity index (χ4n) is 2.57. The first kappa shape index (κ1) is 17.3. The number of ether oxygens (including phenoxy) is 1. The molecule has 23 heavy (non-hydrogen) atoms. The van der Waals surface area contributed by atoms with Gasteiger partial charge in [-0.1, -0.05) is 0 Å². The highest BCUT2D eigenvalue weighted by atomic mass is 16.7. The summed E-state index contributed by atoms with van der Waals surface area (Å²) in [5.41, 5.74) is 2.24. The molecule has 0 spiro atoms. The van der Waals surface area contributed by atoms with Crippen LogP contribution >= 0.6 is 0 Å². The molecular formula is C13H22N4O6. The molecule has 10 heteroatoms. The maximum absolute atomic E-state index is 12.0. The number of piperidine rings is 1. The Hall–Kier alpha value is -2.07. The zero-order valence-corrected chi connectivity index (χ0v) is 13.2. The van der Waals surface area contributed by atoms with Crippen molar-refractivity contribution in [3.05, 3.63) is 0 Å². The minimum atomic E-state index is -0.666. The Labute approximate surface area is 133 Å². The van der Waals surface area contributed by atoms with Crippen LogP contribution in [-0.2, 0) is 14.4 Å². The van der Waals surface area contributed by atoms with E-state index in [1.54, 1.807) is 13.8 Å². The Morgan fingerprint density at radius 1 is 1.35 bits per heavy atom. The zero-order chi connectivity index (χ0) is 17.0. The Morgan fingerprint density at radius 2 is 2.09 bits per heavy atom. The van der Waals surface area contributed by atoms with Crippen LogP contribution in [0.2, 0.25) is 0 Å². The topological polar surface area (TPSA) is 120 Å². The fourth-order valence-corrected chi connectivity index (χ4v) is 2.57. The summed E-state index contributed by atoms with van der Waals surface area (Å²) in [6.07, 6.45) is 0.449. The van der Waals surface area contributed by atoms with Gasteiger partial charge in [-0.15, -0.1) is 0 Å². The molecule has 0 aliphatic carbocycles. The van der Waals surface area contributed by atoms with E-state index in [0.29, 0.717) is 24.4 Å². The minimum absolute atomic E-state index is 0.00727. The van der Waals surface area contributed by atoms with E-state index < -0.39 is 24.1 Å².